The molecule has 3 amide bonds. The highest BCUT2D eigenvalue weighted by molar-refractivity contribution is 6.18. The van der Waals surface area contributed by atoms with E-state index in [4.69, 9.17) is 14.2 Å². The van der Waals surface area contributed by atoms with E-state index in [-0.39, 0.29) is 41.5 Å². The van der Waals surface area contributed by atoms with Crippen molar-refractivity contribution in [2.24, 2.45) is 29.6 Å². The van der Waals surface area contributed by atoms with Crippen LogP contribution in [0.4, 0.5) is 10.5 Å². The molecular formula is C40H58N2O8. The summed E-state index contributed by atoms with van der Waals surface area (Å²) in [4.78, 5) is 69.2. The van der Waals surface area contributed by atoms with E-state index in [1.165, 1.54) is 71.3 Å². The van der Waals surface area contributed by atoms with Crippen molar-refractivity contribution in [2.45, 2.75) is 149 Å². The number of hydrogen-bond donors (Lipinski definition) is 1. The molecule has 1 N–H and O–H groups in total. The molecule has 0 radical (unpaired) electrons. The summed E-state index contributed by atoms with van der Waals surface area (Å²) in [6.45, 7) is 9.09. The maximum atomic E-state index is 14.5. The molecule has 1 heterocycles. The van der Waals surface area contributed by atoms with Crippen LogP contribution in [0.2, 0.25) is 0 Å². The van der Waals surface area contributed by atoms with E-state index in [2.05, 4.69) is 12.2 Å². The number of amides is 3. The number of esters is 1. The molecule has 1 atom stereocenters. The Morgan fingerprint density at radius 1 is 0.880 bits per heavy atom. The summed E-state index contributed by atoms with van der Waals surface area (Å²) in [5.74, 6) is -1.21. The van der Waals surface area contributed by atoms with Crippen molar-refractivity contribution in [2.75, 3.05) is 11.9 Å². The third-order valence-corrected chi connectivity index (χ3v) is 11.2. The largest absolute Gasteiger partial charge is 0.489 e. The number of nitrogens with one attached hydrogen (secondary N) is 1. The predicted octanol–water partition coefficient (Wildman–Crippen LogP) is 8.26. The van der Waals surface area contributed by atoms with Gasteiger partial charge in [0.05, 0.1) is 24.0 Å². The number of cyclic esters (lactones) is 1. The first-order chi connectivity index (χ1) is 23.9. The second-order valence-electron chi connectivity index (χ2n) is 16.0. The van der Waals surface area contributed by atoms with Gasteiger partial charge >= 0.3 is 12.1 Å². The average Bonchev–Trinajstić information content (AvgIpc) is 3.25. The number of anilines is 1. The highest BCUT2D eigenvalue weighted by Crippen LogP contribution is 2.57. The Morgan fingerprint density at radius 2 is 1.46 bits per heavy atom. The van der Waals surface area contributed by atoms with Gasteiger partial charge in [0.2, 0.25) is 0 Å². The van der Waals surface area contributed by atoms with Gasteiger partial charge in [0, 0.05) is 5.92 Å². The van der Waals surface area contributed by atoms with Gasteiger partial charge in [0.25, 0.3) is 11.8 Å². The Morgan fingerprint density at radius 3 is 2.00 bits per heavy atom. The number of ketones is 1. The molecule has 276 valence electrons. The molecule has 4 bridgehead atoms. The smallest absolute Gasteiger partial charge is 0.418 e. The fourth-order valence-corrected chi connectivity index (χ4v) is 9.00. The summed E-state index contributed by atoms with van der Waals surface area (Å²) >= 11 is 0. The summed E-state index contributed by atoms with van der Waals surface area (Å²) in [6, 6.07) is 2.92. The molecule has 1 aromatic rings. The quantitative estimate of drug-likeness (QED) is 0.0871. The molecule has 10 nitrogen and oxygen atoms in total. The Labute approximate surface area is 297 Å². The Balaban J connectivity index is 1.28. The van der Waals surface area contributed by atoms with E-state index >= 15 is 0 Å². The second kappa shape index (κ2) is 16.7. The fourth-order valence-electron chi connectivity index (χ4n) is 9.00. The topological polar surface area (TPSA) is 128 Å². The zero-order chi connectivity index (χ0) is 36.0. The van der Waals surface area contributed by atoms with Crippen LogP contribution in [0.15, 0.2) is 18.2 Å². The van der Waals surface area contributed by atoms with Crippen LogP contribution in [0, 0.1) is 29.6 Å². The molecule has 6 rings (SSSR count). The van der Waals surface area contributed by atoms with Crippen LogP contribution in [0.25, 0.3) is 0 Å². The molecule has 1 aliphatic heterocycles. The first kappa shape index (κ1) is 37.8. The Kier molecular flexibility index (Phi) is 12.6. The second-order valence-corrected chi connectivity index (χ2v) is 16.0. The lowest BCUT2D eigenvalue weighted by molar-refractivity contribution is -0.150. The molecule has 10 heteroatoms. The maximum absolute atomic E-state index is 14.5. The third kappa shape index (κ3) is 8.89. The van der Waals surface area contributed by atoms with Gasteiger partial charge in [0.15, 0.2) is 17.4 Å². The highest BCUT2D eigenvalue weighted by Gasteiger charge is 2.58. The molecule has 0 aromatic heterocycles. The normalized spacial score (nSPS) is 25.5. The predicted molar refractivity (Wildman–Crippen MR) is 190 cm³/mol. The number of carbonyl (C=O) groups is 5. The molecule has 5 aliphatic rings. The van der Waals surface area contributed by atoms with E-state index in [0.29, 0.717) is 16.7 Å². The van der Waals surface area contributed by atoms with E-state index in [9.17, 15) is 24.0 Å². The lowest BCUT2D eigenvalue weighted by Crippen LogP contribution is -2.58. The maximum Gasteiger partial charge on any atom is 0.418 e. The summed E-state index contributed by atoms with van der Waals surface area (Å²) in [7, 11) is 0. The van der Waals surface area contributed by atoms with Gasteiger partial charge in [-0.25, -0.2) is 14.5 Å². The molecule has 1 saturated heterocycles. The van der Waals surface area contributed by atoms with Crippen LogP contribution < -0.4 is 10.1 Å². The van der Waals surface area contributed by atoms with Gasteiger partial charge in [-0.3, -0.25) is 14.4 Å². The lowest BCUT2D eigenvalue weighted by Gasteiger charge is -2.54. The monoisotopic (exact) mass is 694 g/mol. The Bertz CT molecular complexity index is 1380. The number of rotatable bonds is 19. The van der Waals surface area contributed by atoms with Crippen LogP contribution in [0.3, 0.4) is 0 Å². The number of carbonyl (C=O) groups excluding carboxylic acids is 5. The number of Topliss-reactive ketones (excluding diaryl/α,β-unsaturated/α-hetero) is 1. The average molecular weight is 695 g/mol. The number of imide groups is 1. The van der Waals surface area contributed by atoms with Crippen molar-refractivity contribution in [1.29, 1.82) is 0 Å². The number of nitrogens with zero attached hydrogens (tertiary/aromatic N) is 1. The van der Waals surface area contributed by atoms with Crippen LogP contribution >= 0.6 is 0 Å². The molecule has 4 aliphatic carbocycles. The number of ether oxygens (including phenoxy) is 3. The molecular weight excluding hydrogens is 636 g/mol. The molecule has 1 aromatic carbocycles. The van der Waals surface area contributed by atoms with Gasteiger partial charge in [-0.15, -0.1) is 0 Å². The van der Waals surface area contributed by atoms with Crippen molar-refractivity contribution < 1.29 is 38.2 Å². The van der Waals surface area contributed by atoms with Crippen molar-refractivity contribution in [1.82, 2.24) is 4.90 Å². The zero-order valence-corrected chi connectivity index (χ0v) is 30.8. The summed E-state index contributed by atoms with van der Waals surface area (Å²) < 4.78 is 16.9. The Hall–Kier alpha value is -3.43. The minimum Gasteiger partial charge on any atom is -0.489 e. The molecule has 4 saturated carbocycles. The first-order valence-electron chi connectivity index (χ1n) is 19.3. The number of benzene rings is 1. The molecule has 5 fully saturated rings. The van der Waals surface area contributed by atoms with Crippen LogP contribution in [-0.4, -0.2) is 58.9 Å². The summed E-state index contributed by atoms with van der Waals surface area (Å²) in [5, 5.41) is 2.78. The molecule has 50 heavy (non-hydrogen) atoms. The van der Waals surface area contributed by atoms with Gasteiger partial charge in [-0.2, -0.15) is 0 Å². The van der Waals surface area contributed by atoms with Crippen molar-refractivity contribution in [3.8, 4) is 5.75 Å². The van der Waals surface area contributed by atoms with Crippen molar-refractivity contribution in [3.63, 3.8) is 0 Å². The number of hydrogen-bond acceptors (Lipinski definition) is 8. The SMILES string of the molecule is CCCCCCCCCCCCOC(=O)c1ccc(OC(C)C)c(NC(=O)C(C(=O)C2C3CC4CC(C3)CC2C4)N2C(=O)OC(C)(C)C2=O)c1. The number of unbranched alkanes of at least 4 members (excludes halogenated alkanes) is 9. The van der Waals surface area contributed by atoms with Gasteiger partial charge < -0.3 is 19.5 Å². The van der Waals surface area contributed by atoms with Gasteiger partial charge in [0.1, 0.15) is 5.75 Å². The highest BCUT2D eigenvalue weighted by atomic mass is 16.6. The standard InChI is InChI=1S/C40H58N2O8/c1-6-7-8-9-10-11-12-13-14-15-18-48-37(45)28-16-17-32(49-25(2)3)31(24-28)41-36(44)34(42-38(46)40(4,5)50-39(42)47)35(43)33-29-20-26-19-27(22-29)23-30(33)21-26/h16-17,24-27,29-30,33-34H,6-15,18-23H2,1-5H3,(H,41,44). The van der Waals surface area contributed by atoms with E-state index in [0.717, 1.165) is 44.9 Å². The molecule has 1 unspecified atom stereocenters. The van der Waals surface area contributed by atoms with Crippen LogP contribution in [-0.2, 0) is 23.9 Å². The summed E-state index contributed by atoms with van der Waals surface area (Å²) in [5.41, 5.74) is -1.14. The van der Waals surface area contributed by atoms with Crippen molar-refractivity contribution in [3.05, 3.63) is 23.8 Å². The van der Waals surface area contributed by atoms with Crippen molar-refractivity contribution >= 4 is 35.3 Å². The van der Waals surface area contributed by atoms with Crippen LogP contribution in [0.1, 0.15) is 141 Å². The summed E-state index contributed by atoms with van der Waals surface area (Å²) in [6.07, 6.45) is 15.4. The first-order valence-corrected chi connectivity index (χ1v) is 19.3. The van der Waals surface area contributed by atoms with E-state index in [1.54, 1.807) is 12.1 Å². The van der Waals surface area contributed by atoms with Crippen LogP contribution in [0.5, 0.6) is 5.75 Å². The zero-order valence-electron chi connectivity index (χ0n) is 30.8. The third-order valence-electron chi connectivity index (χ3n) is 11.2. The minimum atomic E-state index is -1.71. The molecule has 0 spiro atoms. The van der Waals surface area contributed by atoms with E-state index < -0.39 is 47.2 Å². The fraction of sp³-hybridized carbons (Fsp3) is 0.725. The van der Waals surface area contributed by atoms with E-state index in [1.807, 2.05) is 13.8 Å². The lowest BCUT2D eigenvalue weighted by atomic mass is 9.50. The van der Waals surface area contributed by atoms with Gasteiger partial charge in [-0.05, 0) is 108 Å². The minimum absolute atomic E-state index is 0.129. The van der Waals surface area contributed by atoms with Gasteiger partial charge in [-0.1, -0.05) is 64.7 Å².